The zero-order chi connectivity index (χ0) is 19.0. The van der Waals surface area contributed by atoms with Gasteiger partial charge in [0.2, 0.25) is 0 Å². The summed E-state index contributed by atoms with van der Waals surface area (Å²) in [5.41, 5.74) is 0. The van der Waals surface area contributed by atoms with Crippen LogP contribution in [-0.2, 0) is 18.9 Å². The number of unbranched alkanes of at least 4 members (excludes halogenated alkanes) is 4. The first-order valence-corrected chi connectivity index (χ1v) is 10.7. The van der Waals surface area contributed by atoms with Crippen LogP contribution in [-0.4, -0.2) is 38.6 Å². The van der Waals surface area contributed by atoms with Gasteiger partial charge in [-0.25, -0.2) is 0 Å². The van der Waals surface area contributed by atoms with Crippen LogP contribution in [0.5, 0.6) is 0 Å². The molecular weight excluding hydrogens is 328 g/mol. The van der Waals surface area contributed by atoms with Gasteiger partial charge in [0.1, 0.15) is 23.7 Å². The Hall–Kier alpha value is -1.00. The number of allylic oxidation sites excluding steroid dienone is 2. The lowest BCUT2D eigenvalue weighted by Gasteiger charge is -2.33. The highest BCUT2D eigenvalue weighted by molar-refractivity contribution is 5.26. The summed E-state index contributed by atoms with van der Waals surface area (Å²) in [6, 6.07) is 0. The van der Waals surface area contributed by atoms with Gasteiger partial charge in [-0.1, -0.05) is 53.4 Å². The topological polar surface area (TPSA) is 36.9 Å². The van der Waals surface area contributed by atoms with Crippen LogP contribution in [0.15, 0.2) is 23.7 Å². The van der Waals surface area contributed by atoms with Crippen molar-refractivity contribution >= 4 is 0 Å². The van der Waals surface area contributed by atoms with E-state index in [2.05, 4.69) is 27.7 Å². The Morgan fingerprint density at radius 2 is 0.923 bits per heavy atom. The van der Waals surface area contributed by atoms with Crippen LogP contribution in [0, 0.1) is 0 Å². The van der Waals surface area contributed by atoms with Gasteiger partial charge >= 0.3 is 0 Å². The maximum absolute atomic E-state index is 6.21. The second-order valence-corrected chi connectivity index (χ2v) is 6.83. The van der Waals surface area contributed by atoms with Crippen molar-refractivity contribution in [2.75, 3.05) is 26.4 Å². The molecule has 0 saturated carbocycles. The van der Waals surface area contributed by atoms with Crippen LogP contribution in [0.4, 0.5) is 0 Å². The van der Waals surface area contributed by atoms with Crippen molar-refractivity contribution in [1.29, 1.82) is 0 Å². The van der Waals surface area contributed by atoms with Crippen molar-refractivity contribution in [2.45, 2.75) is 91.3 Å². The first-order valence-electron chi connectivity index (χ1n) is 10.7. The lowest BCUT2D eigenvalue weighted by molar-refractivity contribution is -0.0852. The van der Waals surface area contributed by atoms with E-state index in [1.165, 1.54) is 0 Å². The van der Waals surface area contributed by atoms with E-state index in [1.807, 2.05) is 12.2 Å². The van der Waals surface area contributed by atoms with Crippen molar-refractivity contribution in [2.24, 2.45) is 0 Å². The van der Waals surface area contributed by atoms with Crippen LogP contribution in [0.1, 0.15) is 79.1 Å². The van der Waals surface area contributed by atoms with Crippen LogP contribution in [0.25, 0.3) is 0 Å². The molecule has 1 aliphatic rings. The summed E-state index contributed by atoms with van der Waals surface area (Å²) in [7, 11) is 0. The second kappa shape index (κ2) is 15.1. The third kappa shape index (κ3) is 8.59. The van der Waals surface area contributed by atoms with E-state index in [-0.39, 0.29) is 12.2 Å². The molecule has 4 nitrogen and oxygen atoms in total. The smallest absolute Gasteiger partial charge is 0.148 e. The zero-order valence-electron chi connectivity index (χ0n) is 17.4. The Morgan fingerprint density at radius 1 is 0.577 bits per heavy atom. The van der Waals surface area contributed by atoms with E-state index < -0.39 is 0 Å². The van der Waals surface area contributed by atoms with E-state index >= 15 is 0 Å². The molecule has 0 fully saturated rings. The molecule has 0 saturated heterocycles. The molecule has 1 rings (SSSR count). The third-order valence-corrected chi connectivity index (χ3v) is 4.37. The fourth-order valence-corrected chi connectivity index (χ4v) is 2.63. The van der Waals surface area contributed by atoms with Crippen molar-refractivity contribution in [1.82, 2.24) is 0 Å². The number of hydrogen-bond acceptors (Lipinski definition) is 4. The fourth-order valence-electron chi connectivity index (χ4n) is 2.63. The largest absolute Gasteiger partial charge is 0.495 e. The average Bonchev–Trinajstić information content (AvgIpc) is 2.65. The minimum atomic E-state index is -0.211. The predicted molar refractivity (Wildman–Crippen MR) is 107 cm³/mol. The minimum Gasteiger partial charge on any atom is -0.495 e. The van der Waals surface area contributed by atoms with Crippen LogP contribution < -0.4 is 0 Å². The minimum absolute atomic E-state index is 0.211. The Kier molecular flexibility index (Phi) is 13.4. The molecule has 0 aliphatic heterocycles. The molecule has 152 valence electrons. The van der Waals surface area contributed by atoms with Gasteiger partial charge in [-0.3, -0.25) is 0 Å². The molecule has 0 amide bonds. The van der Waals surface area contributed by atoms with E-state index in [0.29, 0.717) is 13.2 Å². The maximum Gasteiger partial charge on any atom is 0.148 e. The highest BCUT2D eigenvalue weighted by atomic mass is 16.6. The second-order valence-electron chi connectivity index (χ2n) is 6.83. The highest BCUT2D eigenvalue weighted by Crippen LogP contribution is 2.28. The molecule has 0 heterocycles. The molecule has 0 bridgehead atoms. The summed E-state index contributed by atoms with van der Waals surface area (Å²) >= 11 is 0. The summed E-state index contributed by atoms with van der Waals surface area (Å²) in [5.74, 6) is 1.75. The average molecular weight is 369 g/mol. The quantitative estimate of drug-likeness (QED) is 0.324. The monoisotopic (exact) mass is 368 g/mol. The Balaban J connectivity index is 2.85. The molecule has 0 aromatic rings. The van der Waals surface area contributed by atoms with E-state index in [0.717, 1.165) is 76.1 Å². The summed E-state index contributed by atoms with van der Waals surface area (Å²) in [6.45, 7) is 11.6. The van der Waals surface area contributed by atoms with Crippen LogP contribution in [0.3, 0.4) is 0 Å². The van der Waals surface area contributed by atoms with E-state index in [9.17, 15) is 0 Å². The first-order chi connectivity index (χ1) is 12.8. The maximum atomic E-state index is 6.21. The molecule has 2 atom stereocenters. The normalized spacial score (nSPS) is 19.8. The molecule has 4 heteroatoms. The first kappa shape index (κ1) is 23.0. The molecule has 0 N–H and O–H groups in total. The van der Waals surface area contributed by atoms with Gasteiger partial charge in [0.05, 0.1) is 13.2 Å². The summed E-state index contributed by atoms with van der Waals surface area (Å²) in [6.07, 6.45) is 12.2. The number of ether oxygens (including phenoxy) is 4. The molecule has 2 unspecified atom stereocenters. The summed E-state index contributed by atoms with van der Waals surface area (Å²) in [4.78, 5) is 0. The summed E-state index contributed by atoms with van der Waals surface area (Å²) in [5, 5.41) is 0. The van der Waals surface area contributed by atoms with Gasteiger partial charge in [0.25, 0.3) is 0 Å². The molecule has 26 heavy (non-hydrogen) atoms. The fraction of sp³-hybridized carbons (Fsp3) is 0.818. The Morgan fingerprint density at radius 3 is 1.27 bits per heavy atom. The van der Waals surface area contributed by atoms with Crippen LogP contribution in [0.2, 0.25) is 0 Å². The molecule has 0 radical (unpaired) electrons. The zero-order valence-corrected chi connectivity index (χ0v) is 17.4. The van der Waals surface area contributed by atoms with Crippen molar-refractivity contribution in [3.05, 3.63) is 23.7 Å². The van der Waals surface area contributed by atoms with E-state index in [1.54, 1.807) is 0 Å². The highest BCUT2D eigenvalue weighted by Gasteiger charge is 2.35. The van der Waals surface area contributed by atoms with Crippen LogP contribution >= 0.6 is 0 Å². The molecule has 1 aliphatic carbocycles. The molecule has 0 aromatic heterocycles. The van der Waals surface area contributed by atoms with Crippen molar-refractivity contribution in [3.8, 4) is 0 Å². The number of hydrogen-bond donors (Lipinski definition) is 0. The van der Waals surface area contributed by atoms with Gasteiger partial charge in [0, 0.05) is 13.2 Å². The lowest BCUT2D eigenvalue weighted by atomic mass is 10.0. The summed E-state index contributed by atoms with van der Waals surface area (Å²) < 4.78 is 24.5. The number of rotatable bonds is 16. The lowest BCUT2D eigenvalue weighted by Crippen LogP contribution is -2.39. The van der Waals surface area contributed by atoms with Crippen molar-refractivity contribution < 1.29 is 18.9 Å². The third-order valence-electron chi connectivity index (χ3n) is 4.37. The van der Waals surface area contributed by atoms with Gasteiger partial charge in [-0.2, -0.15) is 0 Å². The van der Waals surface area contributed by atoms with Gasteiger partial charge in [-0.15, -0.1) is 0 Å². The van der Waals surface area contributed by atoms with Gasteiger partial charge in [0.15, 0.2) is 0 Å². The Labute approximate surface area is 160 Å². The van der Waals surface area contributed by atoms with Gasteiger partial charge < -0.3 is 18.9 Å². The van der Waals surface area contributed by atoms with Gasteiger partial charge in [-0.05, 0) is 37.8 Å². The molecular formula is C22H40O4. The SMILES string of the molecule is CCCCOC1=CC=C(OCCCC)C(OCCCC)C1OCCCC. The van der Waals surface area contributed by atoms with E-state index in [4.69, 9.17) is 18.9 Å². The standard InChI is InChI=1S/C22H40O4/c1-5-9-15-23-19-13-14-20(24-16-10-6-2)22(26-18-12-8-4)21(19)25-17-11-7-3/h13-14,21-22H,5-12,15-18H2,1-4H3. The van der Waals surface area contributed by atoms with Crippen molar-refractivity contribution in [3.63, 3.8) is 0 Å². The Bertz CT molecular complexity index is 365. The predicted octanol–water partition coefficient (Wildman–Crippen LogP) is 5.77. The molecule has 0 aromatic carbocycles. The molecule has 0 spiro atoms.